The fraction of sp³-hybridized carbons (Fsp3) is 0.533. The fourth-order valence-electron chi connectivity index (χ4n) is 1.66. The van der Waals surface area contributed by atoms with Crippen LogP contribution in [0.25, 0.3) is 0 Å². The van der Waals surface area contributed by atoms with E-state index in [2.05, 4.69) is 10.6 Å². The van der Waals surface area contributed by atoms with Gasteiger partial charge in [-0.25, -0.2) is 9.18 Å². The highest BCUT2D eigenvalue weighted by Crippen LogP contribution is 2.13. The minimum atomic E-state index is -0.485. The Labute approximate surface area is 119 Å². The molecule has 112 valence electrons. The van der Waals surface area contributed by atoms with E-state index in [0.29, 0.717) is 13.1 Å². The molecule has 1 aromatic carbocycles. The largest absolute Gasteiger partial charge is 0.444 e. The van der Waals surface area contributed by atoms with Crippen molar-refractivity contribution in [2.24, 2.45) is 0 Å². The van der Waals surface area contributed by atoms with Crippen LogP contribution < -0.4 is 10.6 Å². The van der Waals surface area contributed by atoms with E-state index in [9.17, 15) is 9.18 Å². The maximum Gasteiger partial charge on any atom is 0.407 e. The average Bonchev–Trinajstić information content (AvgIpc) is 2.24. The quantitative estimate of drug-likeness (QED) is 0.813. The third-order valence-electron chi connectivity index (χ3n) is 2.39. The van der Waals surface area contributed by atoms with Gasteiger partial charge in [-0.1, -0.05) is 0 Å². The summed E-state index contributed by atoms with van der Waals surface area (Å²) in [5, 5.41) is 5.79. The van der Waals surface area contributed by atoms with E-state index >= 15 is 0 Å². The molecule has 20 heavy (non-hydrogen) atoms. The van der Waals surface area contributed by atoms with E-state index in [0.717, 1.165) is 17.7 Å². The number of hydrogen-bond donors (Lipinski definition) is 2. The summed E-state index contributed by atoms with van der Waals surface area (Å²) in [6.45, 7) is 8.47. The third kappa shape index (κ3) is 6.97. The smallest absolute Gasteiger partial charge is 0.407 e. The summed E-state index contributed by atoms with van der Waals surface area (Å²) in [6.07, 6.45) is 0.313. The molecule has 0 radical (unpaired) electrons. The molecule has 4 nitrogen and oxygen atoms in total. The van der Waals surface area contributed by atoms with Gasteiger partial charge in [0.15, 0.2) is 0 Å². The second-order valence-electron chi connectivity index (χ2n) is 5.73. The number of hydrogen-bond acceptors (Lipinski definition) is 3. The van der Waals surface area contributed by atoms with E-state index in [1.807, 2.05) is 33.8 Å². The maximum absolute atomic E-state index is 13.2. The molecule has 0 fully saturated rings. The van der Waals surface area contributed by atoms with Crippen LogP contribution in [0.3, 0.4) is 0 Å². The molecule has 0 aliphatic heterocycles. The summed E-state index contributed by atoms with van der Waals surface area (Å²) >= 11 is 0. The average molecular weight is 282 g/mol. The van der Waals surface area contributed by atoms with Crippen LogP contribution in [0.4, 0.5) is 14.9 Å². The van der Waals surface area contributed by atoms with Crippen LogP contribution in [0.1, 0.15) is 32.8 Å². The molecular weight excluding hydrogens is 259 g/mol. The lowest BCUT2D eigenvalue weighted by molar-refractivity contribution is 0.0528. The van der Waals surface area contributed by atoms with Crippen molar-refractivity contribution in [3.8, 4) is 0 Å². The van der Waals surface area contributed by atoms with Crippen molar-refractivity contribution < 1.29 is 13.9 Å². The first-order valence-corrected chi connectivity index (χ1v) is 6.74. The Balaban J connectivity index is 2.20. The number of amides is 1. The zero-order chi connectivity index (χ0) is 15.2. The number of ether oxygens (including phenoxy) is 1. The Morgan fingerprint density at radius 2 is 1.95 bits per heavy atom. The topological polar surface area (TPSA) is 50.4 Å². The number of anilines is 1. The van der Waals surface area contributed by atoms with Crippen LogP contribution in [0, 0.1) is 12.7 Å². The van der Waals surface area contributed by atoms with Gasteiger partial charge in [-0.15, -0.1) is 0 Å². The number of alkyl carbamates (subject to hydrolysis) is 1. The minimum absolute atomic E-state index is 0.251. The molecule has 0 bridgehead atoms. The van der Waals surface area contributed by atoms with E-state index in [1.54, 1.807) is 0 Å². The summed E-state index contributed by atoms with van der Waals surface area (Å²) in [6, 6.07) is 4.81. The second-order valence-corrected chi connectivity index (χ2v) is 5.73. The van der Waals surface area contributed by atoms with Gasteiger partial charge in [-0.3, -0.25) is 0 Å². The minimum Gasteiger partial charge on any atom is -0.444 e. The highest BCUT2D eigenvalue weighted by Gasteiger charge is 2.15. The first-order valence-electron chi connectivity index (χ1n) is 6.74. The molecule has 5 heteroatoms. The molecule has 0 atom stereocenters. The molecule has 0 aliphatic rings. The summed E-state index contributed by atoms with van der Waals surface area (Å²) in [4.78, 5) is 11.4. The van der Waals surface area contributed by atoms with Gasteiger partial charge >= 0.3 is 6.09 Å². The van der Waals surface area contributed by atoms with Crippen molar-refractivity contribution >= 4 is 11.8 Å². The lowest BCUT2D eigenvalue weighted by Gasteiger charge is -2.19. The monoisotopic (exact) mass is 282 g/mol. The highest BCUT2D eigenvalue weighted by molar-refractivity contribution is 5.67. The lowest BCUT2D eigenvalue weighted by atomic mass is 10.2. The maximum atomic E-state index is 13.2. The Kier molecular flexibility index (Phi) is 5.80. The van der Waals surface area contributed by atoms with E-state index in [1.165, 1.54) is 12.1 Å². The standard InChI is InChI=1S/C15H23FN2O2/c1-11-8-12(16)10-13(9-11)17-6-5-7-18-14(19)20-15(2,3)4/h8-10,17H,5-7H2,1-4H3,(H,18,19). The molecule has 1 aromatic rings. The third-order valence-corrected chi connectivity index (χ3v) is 2.39. The van der Waals surface area contributed by atoms with Gasteiger partial charge in [-0.2, -0.15) is 0 Å². The summed E-state index contributed by atoms with van der Waals surface area (Å²) in [5.74, 6) is -0.251. The SMILES string of the molecule is Cc1cc(F)cc(NCCCNC(=O)OC(C)(C)C)c1. The molecule has 0 saturated carbocycles. The molecule has 1 rings (SSSR count). The van der Waals surface area contributed by atoms with E-state index < -0.39 is 11.7 Å². The van der Waals surface area contributed by atoms with Gasteiger partial charge in [0.25, 0.3) is 0 Å². The van der Waals surface area contributed by atoms with Gasteiger partial charge < -0.3 is 15.4 Å². The van der Waals surface area contributed by atoms with Crippen molar-refractivity contribution in [3.63, 3.8) is 0 Å². The Morgan fingerprint density at radius 1 is 1.25 bits per heavy atom. The molecule has 0 heterocycles. The number of carbonyl (C=O) groups excluding carboxylic acids is 1. The van der Waals surface area contributed by atoms with Crippen molar-refractivity contribution in [2.45, 2.75) is 39.7 Å². The van der Waals surface area contributed by atoms with Crippen molar-refractivity contribution in [2.75, 3.05) is 18.4 Å². The van der Waals surface area contributed by atoms with Crippen LogP contribution in [-0.2, 0) is 4.74 Å². The second kappa shape index (κ2) is 7.12. The summed E-state index contributed by atoms with van der Waals surface area (Å²) in [5.41, 5.74) is 1.14. The van der Waals surface area contributed by atoms with Gasteiger partial charge in [0.2, 0.25) is 0 Å². The molecule has 0 saturated heterocycles. The molecule has 0 spiro atoms. The number of halogens is 1. The van der Waals surface area contributed by atoms with Gasteiger partial charge in [0.05, 0.1) is 0 Å². The molecule has 0 aliphatic carbocycles. The Morgan fingerprint density at radius 3 is 2.55 bits per heavy atom. The molecule has 0 aromatic heterocycles. The van der Waals surface area contributed by atoms with Crippen LogP contribution in [0.15, 0.2) is 18.2 Å². The number of benzene rings is 1. The zero-order valence-corrected chi connectivity index (χ0v) is 12.5. The lowest BCUT2D eigenvalue weighted by Crippen LogP contribution is -2.33. The predicted octanol–water partition coefficient (Wildman–Crippen LogP) is 3.46. The highest BCUT2D eigenvalue weighted by atomic mass is 19.1. The van der Waals surface area contributed by atoms with Gasteiger partial charge in [0, 0.05) is 18.8 Å². The molecule has 2 N–H and O–H groups in total. The number of rotatable bonds is 5. The predicted molar refractivity (Wildman–Crippen MR) is 78.5 cm³/mol. The summed E-state index contributed by atoms with van der Waals surface area (Å²) in [7, 11) is 0. The van der Waals surface area contributed by atoms with Crippen LogP contribution in [0.2, 0.25) is 0 Å². The molecule has 0 unspecified atom stereocenters. The van der Waals surface area contributed by atoms with Crippen LogP contribution in [0.5, 0.6) is 0 Å². The van der Waals surface area contributed by atoms with E-state index in [-0.39, 0.29) is 5.82 Å². The van der Waals surface area contributed by atoms with Crippen molar-refractivity contribution in [1.82, 2.24) is 5.32 Å². The van der Waals surface area contributed by atoms with Crippen molar-refractivity contribution in [3.05, 3.63) is 29.6 Å². The fourth-order valence-corrected chi connectivity index (χ4v) is 1.66. The number of nitrogens with one attached hydrogen (secondary N) is 2. The van der Waals surface area contributed by atoms with Crippen molar-refractivity contribution in [1.29, 1.82) is 0 Å². The van der Waals surface area contributed by atoms with Gasteiger partial charge in [-0.05, 0) is 57.9 Å². The van der Waals surface area contributed by atoms with Crippen LogP contribution in [-0.4, -0.2) is 24.8 Å². The Bertz CT molecular complexity index is 435. The van der Waals surface area contributed by atoms with E-state index in [4.69, 9.17) is 4.74 Å². The normalized spacial score (nSPS) is 11.1. The van der Waals surface area contributed by atoms with Gasteiger partial charge in [0.1, 0.15) is 11.4 Å². The Hall–Kier alpha value is -1.78. The number of carbonyl (C=O) groups is 1. The first-order chi connectivity index (χ1) is 9.26. The zero-order valence-electron chi connectivity index (χ0n) is 12.5. The summed E-state index contributed by atoms with van der Waals surface area (Å²) < 4.78 is 18.3. The molecule has 1 amide bonds. The number of aryl methyl sites for hydroxylation is 1. The molecular formula is C15H23FN2O2. The van der Waals surface area contributed by atoms with Crippen LogP contribution >= 0.6 is 0 Å². The first kappa shape index (κ1) is 16.3.